The lowest BCUT2D eigenvalue weighted by molar-refractivity contribution is -0.122. The van der Waals surface area contributed by atoms with Gasteiger partial charge in [0, 0.05) is 39.7 Å². The summed E-state index contributed by atoms with van der Waals surface area (Å²) in [7, 11) is -0.799. The SMILES string of the molecule is O=C(Cc1cc(F)cc(F)c1)C1CC2CCCC(C1)S2=O. The van der Waals surface area contributed by atoms with E-state index in [1.165, 1.54) is 12.1 Å². The Kier molecular flexibility index (Phi) is 4.20. The molecule has 5 heteroatoms. The number of rotatable bonds is 3. The predicted octanol–water partition coefficient (Wildman–Crippen LogP) is 3.16. The summed E-state index contributed by atoms with van der Waals surface area (Å²) in [4.78, 5) is 12.4. The number of carbonyl (C=O) groups is 1. The Balaban J connectivity index is 1.70. The summed E-state index contributed by atoms with van der Waals surface area (Å²) in [5.74, 6) is -1.39. The minimum absolute atomic E-state index is 0.0219. The highest BCUT2D eigenvalue weighted by atomic mass is 32.2. The van der Waals surface area contributed by atoms with Crippen molar-refractivity contribution in [2.45, 2.75) is 49.0 Å². The predicted molar refractivity (Wildman–Crippen MR) is 77.4 cm³/mol. The van der Waals surface area contributed by atoms with Crippen LogP contribution in [0.2, 0.25) is 0 Å². The van der Waals surface area contributed by atoms with Crippen molar-refractivity contribution < 1.29 is 17.8 Å². The van der Waals surface area contributed by atoms with Gasteiger partial charge in [0.1, 0.15) is 17.4 Å². The molecule has 2 heterocycles. The molecule has 0 aliphatic carbocycles. The van der Waals surface area contributed by atoms with Crippen LogP contribution in [0.15, 0.2) is 18.2 Å². The lowest BCUT2D eigenvalue weighted by atomic mass is 9.85. The zero-order valence-corrected chi connectivity index (χ0v) is 12.5. The molecular weight excluding hydrogens is 294 g/mol. The van der Waals surface area contributed by atoms with E-state index in [2.05, 4.69) is 0 Å². The molecule has 0 aromatic heterocycles. The molecular formula is C16H18F2O2S. The van der Waals surface area contributed by atoms with Crippen molar-refractivity contribution in [1.82, 2.24) is 0 Å². The van der Waals surface area contributed by atoms with Crippen LogP contribution in [0, 0.1) is 17.6 Å². The van der Waals surface area contributed by atoms with Crippen LogP contribution in [0.1, 0.15) is 37.7 Å². The van der Waals surface area contributed by atoms with Gasteiger partial charge in [-0.3, -0.25) is 9.00 Å². The maximum absolute atomic E-state index is 13.2. The molecule has 2 unspecified atom stereocenters. The third-order valence-corrected chi connectivity index (χ3v) is 6.73. The van der Waals surface area contributed by atoms with E-state index in [0.29, 0.717) is 18.4 Å². The van der Waals surface area contributed by atoms with Crippen molar-refractivity contribution in [1.29, 1.82) is 0 Å². The Hall–Kier alpha value is -1.10. The highest BCUT2D eigenvalue weighted by Crippen LogP contribution is 2.37. The third-order valence-electron chi connectivity index (χ3n) is 4.56. The molecule has 2 aliphatic heterocycles. The highest BCUT2D eigenvalue weighted by molar-refractivity contribution is 7.86. The molecule has 1 aromatic rings. The molecule has 0 spiro atoms. The van der Waals surface area contributed by atoms with Crippen molar-refractivity contribution in [3.8, 4) is 0 Å². The van der Waals surface area contributed by atoms with Gasteiger partial charge in [0.15, 0.2) is 0 Å². The summed E-state index contributed by atoms with van der Waals surface area (Å²) >= 11 is 0. The summed E-state index contributed by atoms with van der Waals surface area (Å²) in [5, 5.41) is 0.270. The Morgan fingerprint density at radius 2 is 1.67 bits per heavy atom. The van der Waals surface area contributed by atoms with Gasteiger partial charge in [-0.25, -0.2) is 8.78 Å². The van der Waals surface area contributed by atoms with Crippen LogP contribution in [0.3, 0.4) is 0 Å². The summed E-state index contributed by atoms with van der Waals surface area (Å²) in [6.45, 7) is 0. The quantitative estimate of drug-likeness (QED) is 0.859. The molecule has 21 heavy (non-hydrogen) atoms. The highest BCUT2D eigenvalue weighted by Gasteiger charge is 2.40. The molecule has 2 nitrogen and oxygen atoms in total. The van der Waals surface area contributed by atoms with Gasteiger partial charge < -0.3 is 0 Å². The fraction of sp³-hybridized carbons (Fsp3) is 0.562. The van der Waals surface area contributed by atoms with Gasteiger partial charge in [0.25, 0.3) is 0 Å². The first-order valence-electron chi connectivity index (χ1n) is 7.40. The van der Waals surface area contributed by atoms with Crippen molar-refractivity contribution in [2.75, 3.05) is 0 Å². The first kappa shape index (κ1) is 14.8. The zero-order valence-electron chi connectivity index (χ0n) is 11.7. The number of benzene rings is 1. The maximum atomic E-state index is 13.2. The second kappa shape index (κ2) is 5.95. The van der Waals surface area contributed by atoms with Crippen LogP contribution in [0.4, 0.5) is 8.78 Å². The van der Waals surface area contributed by atoms with E-state index in [-0.39, 0.29) is 28.6 Å². The number of hydrogen-bond acceptors (Lipinski definition) is 2. The summed E-state index contributed by atoms with van der Waals surface area (Å²) in [6, 6.07) is 3.23. The lowest BCUT2D eigenvalue weighted by Gasteiger charge is -2.37. The van der Waals surface area contributed by atoms with Gasteiger partial charge in [-0.1, -0.05) is 6.42 Å². The van der Waals surface area contributed by atoms with Crippen LogP contribution in [0.5, 0.6) is 0 Å². The molecule has 3 rings (SSSR count). The van der Waals surface area contributed by atoms with Crippen molar-refractivity contribution in [3.05, 3.63) is 35.4 Å². The van der Waals surface area contributed by atoms with Crippen LogP contribution in [-0.2, 0) is 22.0 Å². The van der Waals surface area contributed by atoms with Crippen molar-refractivity contribution >= 4 is 16.6 Å². The first-order valence-corrected chi connectivity index (χ1v) is 8.67. The molecule has 0 radical (unpaired) electrons. The van der Waals surface area contributed by atoms with Crippen molar-refractivity contribution in [3.63, 3.8) is 0 Å². The summed E-state index contributed by atoms with van der Waals surface area (Å²) in [6.07, 6.45) is 4.35. The summed E-state index contributed by atoms with van der Waals surface area (Å²) in [5.41, 5.74) is 0.384. The van der Waals surface area contributed by atoms with Crippen LogP contribution >= 0.6 is 0 Å². The molecule has 0 N–H and O–H groups in total. The first-order chi connectivity index (χ1) is 10.0. The molecule has 2 aliphatic rings. The fourth-order valence-electron chi connectivity index (χ4n) is 3.56. The minimum Gasteiger partial charge on any atom is -0.299 e. The largest absolute Gasteiger partial charge is 0.299 e. The fourth-order valence-corrected chi connectivity index (χ4v) is 5.74. The van der Waals surface area contributed by atoms with E-state index in [0.717, 1.165) is 25.3 Å². The average molecular weight is 312 g/mol. The average Bonchev–Trinajstić information content (AvgIpc) is 2.36. The number of ketones is 1. The lowest BCUT2D eigenvalue weighted by Crippen LogP contribution is -2.41. The van der Waals surface area contributed by atoms with Crippen LogP contribution < -0.4 is 0 Å². The molecule has 2 atom stereocenters. The van der Waals surface area contributed by atoms with Crippen LogP contribution in [-0.4, -0.2) is 20.5 Å². The van der Waals surface area contributed by atoms with Crippen molar-refractivity contribution in [2.24, 2.45) is 5.92 Å². The summed E-state index contributed by atoms with van der Waals surface area (Å²) < 4.78 is 38.5. The third kappa shape index (κ3) is 3.23. The van der Waals surface area contributed by atoms with Gasteiger partial charge >= 0.3 is 0 Å². The van der Waals surface area contributed by atoms with E-state index in [1.807, 2.05) is 0 Å². The van der Waals surface area contributed by atoms with Gasteiger partial charge in [0.2, 0.25) is 0 Å². The van der Waals surface area contributed by atoms with E-state index in [9.17, 15) is 17.8 Å². The Morgan fingerprint density at radius 3 is 2.24 bits per heavy atom. The Labute approximate surface area is 125 Å². The second-order valence-corrected chi connectivity index (χ2v) is 8.08. The molecule has 2 saturated heterocycles. The van der Waals surface area contributed by atoms with E-state index >= 15 is 0 Å². The smallest absolute Gasteiger partial charge is 0.140 e. The molecule has 114 valence electrons. The number of carbonyl (C=O) groups excluding carboxylic acids is 1. The van der Waals surface area contributed by atoms with Crippen LogP contribution in [0.25, 0.3) is 0 Å². The van der Waals surface area contributed by atoms with Gasteiger partial charge in [0.05, 0.1) is 0 Å². The molecule has 2 fully saturated rings. The molecule has 0 amide bonds. The van der Waals surface area contributed by atoms with E-state index < -0.39 is 22.4 Å². The normalized spacial score (nSPS) is 31.9. The molecule has 1 aromatic carbocycles. The maximum Gasteiger partial charge on any atom is 0.140 e. The van der Waals surface area contributed by atoms with E-state index in [1.54, 1.807) is 0 Å². The standard InChI is InChI=1S/C16H18F2O2S/c17-12-4-10(5-13(18)9-12)6-16(19)11-7-14-2-1-3-15(8-11)21(14)20/h4-5,9,11,14-15H,1-3,6-8H2. The topological polar surface area (TPSA) is 34.1 Å². The van der Waals surface area contributed by atoms with Gasteiger partial charge in [-0.2, -0.15) is 0 Å². The monoisotopic (exact) mass is 312 g/mol. The number of Topliss-reactive ketones (excluding diaryl/α,β-unsaturated/α-hetero) is 1. The second-order valence-electron chi connectivity index (χ2n) is 6.09. The minimum atomic E-state index is -0.799. The van der Waals surface area contributed by atoms with Gasteiger partial charge in [-0.15, -0.1) is 0 Å². The zero-order chi connectivity index (χ0) is 15.0. The Morgan fingerprint density at radius 1 is 1.10 bits per heavy atom. The van der Waals surface area contributed by atoms with E-state index in [4.69, 9.17) is 0 Å². The number of halogens is 2. The number of fused-ring (bicyclic) bond motifs is 2. The van der Waals surface area contributed by atoms with Gasteiger partial charge in [-0.05, 0) is 43.4 Å². The Bertz CT molecular complexity index is 551. The number of hydrogen-bond donors (Lipinski definition) is 0. The molecule has 2 bridgehead atoms. The molecule has 0 saturated carbocycles.